The van der Waals surface area contributed by atoms with Crippen molar-refractivity contribution >= 4 is 5.97 Å². The first-order valence-corrected chi connectivity index (χ1v) is 6.10. The van der Waals surface area contributed by atoms with Gasteiger partial charge in [0.05, 0.1) is 5.92 Å². The third-order valence-electron chi connectivity index (χ3n) is 2.55. The summed E-state index contributed by atoms with van der Waals surface area (Å²) >= 11 is 0. The molecule has 0 aromatic heterocycles. The third-order valence-corrected chi connectivity index (χ3v) is 2.55. The number of carbonyl (C=O) groups excluding carboxylic acids is 1. The van der Waals surface area contributed by atoms with Crippen molar-refractivity contribution in [1.29, 1.82) is 0 Å². The second-order valence-electron chi connectivity index (χ2n) is 5.62. The van der Waals surface area contributed by atoms with Crippen molar-refractivity contribution in [3.05, 3.63) is 0 Å². The summed E-state index contributed by atoms with van der Waals surface area (Å²) in [7, 11) is 0. The number of alkyl halides is 7. The van der Waals surface area contributed by atoms with Gasteiger partial charge < -0.3 is 4.74 Å². The molecule has 0 radical (unpaired) electrons. The lowest BCUT2D eigenvalue weighted by molar-refractivity contribution is -0.357. The highest BCUT2D eigenvalue weighted by Gasteiger charge is 2.73. The molecule has 1 atom stereocenters. The lowest BCUT2D eigenvalue weighted by Gasteiger charge is -2.31. The predicted molar refractivity (Wildman–Crippen MR) is 60.2 cm³/mol. The fourth-order valence-corrected chi connectivity index (χ4v) is 1.42. The highest BCUT2D eigenvalue weighted by Crippen LogP contribution is 2.49. The molecule has 21 heavy (non-hydrogen) atoms. The van der Waals surface area contributed by atoms with Gasteiger partial charge in [0.1, 0.15) is 5.60 Å². The first-order valence-electron chi connectivity index (χ1n) is 6.10. The van der Waals surface area contributed by atoms with E-state index >= 15 is 0 Å². The minimum atomic E-state index is -6.40. The summed E-state index contributed by atoms with van der Waals surface area (Å²) in [5, 5.41) is 0. The molecule has 1 unspecified atom stereocenters. The van der Waals surface area contributed by atoms with E-state index in [1.807, 2.05) is 0 Å². The van der Waals surface area contributed by atoms with Crippen molar-refractivity contribution in [2.45, 2.75) is 64.2 Å². The third kappa shape index (κ3) is 5.03. The zero-order valence-corrected chi connectivity index (χ0v) is 12.0. The van der Waals surface area contributed by atoms with Crippen molar-refractivity contribution in [1.82, 2.24) is 0 Å². The quantitative estimate of drug-likeness (QED) is 0.546. The summed E-state index contributed by atoms with van der Waals surface area (Å²) in [5.74, 6) is -14.6. The van der Waals surface area contributed by atoms with Crippen molar-refractivity contribution in [3.63, 3.8) is 0 Å². The molecular formula is C12H17F7O2. The number of esters is 1. The van der Waals surface area contributed by atoms with Crippen molar-refractivity contribution in [2.24, 2.45) is 5.92 Å². The lowest BCUT2D eigenvalue weighted by atomic mass is 9.94. The molecule has 0 spiro atoms. The number of rotatable bonds is 5. The summed E-state index contributed by atoms with van der Waals surface area (Å²) in [4.78, 5) is 11.6. The van der Waals surface area contributed by atoms with Crippen LogP contribution in [-0.2, 0) is 9.53 Å². The summed E-state index contributed by atoms with van der Waals surface area (Å²) in [5.41, 5.74) is -1.06. The Morgan fingerprint density at radius 3 is 1.71 bits per heavy atom. The van der Waals surface area contributed by atoms with E-state index in [0.29, 0.717) is 0 Å². The van der Waals surface area contributed by atoms with Crippen molar-refractivity contribution < 1.29 is 40.3 Å². The minimum absolute atomic E-state index is 0.349. The Kier molecular flexibility index (Phi) is 5.71. The van der Waals surface area contributed by atoms with Crippen LogP contribution in [0.5, 0.6) is 0 Å². The molecule has 0 amide bonds. The topological polar surface area (TPSA) is 26.3 Å². The van der Waals surface area contributed by atoms with Gasteiger partial charge in [0.15, 0.2) is 0 Å². The van der Waals surface area contributed by atoms with E-state index in [1.54, 1.807) is 0 Å². The van der Waals surface area contributed by atoms with E-state index < -0.39 is 41.9 Å². The molecule has 0 aromatic carbocycles. The standard InChI is InChI=1S/C12H17F7O2/c1-5-7(8(20)21-9(2,3)4)6-10(13,14)11(15,16)12(17,18)19/h7H,5-6H2,1-4H3. The van der Waals surface area contributed by atoms with Crippen LogP contribution in [0, 0.1) is 5.92 Å². The molecule has 0 rings (SSSR count). The van der Waals surface area contributed by atoms with Crippen LogP contribution in [0.4, 0.5) is 30.7 Å². The largest absolute Gasteiger partial charge is 0.460 e. The van der Waals surface area contributed by atoms with Crippen molar-refractivity contribution in [3.8, 4) is 0 Å². The average molecular weight is 326 g/mol. The maximum atomic E-state index is 13.3. The molecule has 0 saturated heterocycles. The number of hydrogen-bond donors (Lipinski definition) is 0. The van der Waals surface area contributed by atoms with Crippen LogP contribution in [-0.4, -0.2) is 29.6 Å². The molecule has 0 heterocycles. The second-order valence-corrected chi connectivity index (χ2v) is 5.62. The van der Waals surface area contributed by atoms with E-state index in [1.165, 1.54) is 27.7 Å². The van der Waals surface area contributed by atoms with Gasteiger partial charge in [-0.15, -0.1) is 0 Å². The van der Waals surface area contributed by atoms with Gasteiger partial charge in [0.25, 0.3) is 0 Å². The molecule has 0 aliphatic carbocycles. The zero-order chi connectivity index (χ0) is 17.3. The second kappa shape index (κ2) is 6.00. The van der Waals surface area contributed by atoms with Crippen LogP contribution >= 0.6 is 0 Å². The smallest absolute Gasteiger partial charge is 0.459 e. The number of halogens is 7. The van der Waals surface area contributed by atoms with Gasteiger partial charge in [-0.1, -0.05) is 6.92 Å². The Morgan fingerprint density at radius 1 is 1.00 bits per heavy atom. The Balaban J connectivity index is 5.17. The van der Waals surface area contributed by atoms with Gasteiger partial charge in [0.2, 0.25) is 0 Å². The maximum Gasteiger partial charge on any atom is 0.459 e. The van der Waals surface area contributed by atoms with E-state index in [-0.39, 0.29) is 6.42 Å². The normalized spacial score (nSPS) is 15.8. The van der Waals surface area contributed by atoms with Gasteiger partial charge in [0, 0.05) is 6.42 Å². The van der Waals surface area contributed by atoms with Gasteiger partial charge in [-0.25, -0.2) is 0 Å². The first kappa shape index (κ1) is 20.0. The Bertz CT molecular complexity index is 369. The molecular weight excluding hydrogens is 309 g/mol. The highest BCUT2D eigenvalue weighted by molar-refractivity contribution is 5.72. The van der Waals surface area contributed by atoms with Crippen LogP contribution in [0.3, 0.4) is 0 Å². The van der Waals surface area contributed by atoms with Crippen LogP contribution in [0.15, 0.2) is 0 Å². The van der Waals surface area contributed by atoms with E-state index in [2.05, 4.69) is 0 Å². The molecule has 0 aliphatic heterocycles. The first-order chi connectivity index (χ1) is 9.05. The van der Waals surface area contributed by atoms with Gasteiger partial charge in [-0.05, 0) is 27.2 Å². The van der Waals surface area contributed by atoms with E-state index in [4.69, 9.17) is 4.74 Å². The summed E-state index contributed by atoms with van der Waals surface area (Å²) < 4.78 is 92.8. The molecule has 0 bridgehead atoms. The Morgan fingerprint density at radius 2 is 1.43 bits per heavy atom. The number of carbonyl (C=O) groups is 1. The molecule has 126 valence electrons. The molecule has 2 nitrogen and oxygen atoms in total. The molecule has 0 aliphatic rings. The van der Waals surface area contributed by atoms with Crippen molar-refractivity contribution in [2.75, 3.05) is 0 Å². The zero-order valence-electron chi connectivity index (χ0n) is 12.0. The summed E-state index contributed by atoms with van der Waals surface area (Å²) in [6.45, 7) is 5.47. The van der Waals surface area contributed by atoms with Crippen LogP contribution in [0.1, 0.15) is 40.5 Å². The minimum Gasteiger partial charge on any atom is -0.460 e. The SMILES string of the molecule is CCC(CC(F)(F)C(F)(F)C(F)(F)F)C(=O)OC(C)(C)C. The van der Waals surface area contributed by atoms with E-state index in [0.717, 1.165) is 0 Å². The van der Waals surface area contributed by atoms with Crippen LogP contribution in [0.25, 0.3) is 0 Å². The number of hydrogen-bond acceptors (Lipinski definition) is 2. The molecule has 0 N–H and O–H groups in total. The molecule has 0 saturated carbocycles. The van der Waals surface area contributed by atoms with Crippen LogP contribution < -0.4 is 0 Å². The monoisotopic (exact) mass is 326 g/mol. The fourth-order valence-electron chi connectivity index (χ4n) is 1.42. The summed E-state index contributed by atoms with van der Waals surface area (Å²) in [6, 6.07) is 0. The summed E-state index contributed by atoms with van der Waals surface area (Å²) in [6.07, 6.45) is -8.69. The fraction of sp³-hybridized carbons (Fsp3) is 0.917. The molecule has 0 aromatic rings. The lowest BCUT2D eigenvalue weighted by Crippen LogP contribution is -2.53. The van der Waals surface area contributed by atoms with Gasteiger partial charge in [-0.3, -0.25) is 4.79 Å². The predicted octanol–water partition coefficient (Wildman–Crippen LogP) is 4.58. The van der Waals surface area contributed by atoms with E-state index in [9.17, 15) is 35.5 Å². The molecule has 9 heteroatoms. The van der Waals surface area contributed by atoms with Crippen LogP contribution in [0.2, 0.25) is 0 Å². The number of ether oxygens (including phenoxy) is 1. The Labute approximate surface area is 117 Å². The van der Waals surface area contributed by atoms with Gasteiger partial charge in [-0.2, -0.15) is 30.7 Å². The van der Waals surface area contributed by atoms with Gasteiger partial charge >= 0.3 is 24.0 Å². The average Bonchev–Trinajstić information content (AvgIpc) is 2.21. The Hall–Kier alpha value is -1.02. The molecule has 0 fully saturated rings. The highest BCUT2D eigenvalue weighted by atomic mass is 19.4. The maximum absolute atomic E-state index is 13.3.